The average molecular weight is 270 g/mol. The fraction of sp³-hybridized carbons (Fsp3) is 0.538. The van der Waals surface area contributed by atoms with Crippen LogP contribution in [0.3, 0.4) is 0 Å². The highest BCUT2D eigenvalue weighted by Gasteiger charge is 2.22. The molecule has 0 unspecified atom stereocenters. The van der Waals surface area contributed by atoms with Crippen molar-refractivity contribution in [3.63, 3.8) is 0 Å². The molecule has 1 rings (SSSR count). The Morgan fingerprint density at radius 1 is 1.17 bits per heavy atom. The minimum atomic E-state index is -3.34. The van der Waals surface area contributed by atoms with E-state index in [0.717, 1.165) is 18.5 Å². The van der Waals surface area contributed by atoms with Crippen molar-refractivity contribution in [3.05, 3.63) is 24.3 Å². The molecule has 0 bridgehead atoms. The van der Waals surface area contributed by atoms with Gasteiger partial charge in [-0.3, -0.25) is 0 Å². The maximum atomic E-state index is 12.4. The second-order valence-electron chi connectivity index (χ2n) is 4.12. The van der Waals surface area contributed by atoms with Gasteiger partial charge in [0.05, 0.1) is 4.90 Å². The van der Waals surface area contributed by atoms with Gasteiger partial charge >= 0.3 is 0 Å². The molecule has 0 radical (unpaired) electrons. The molecule has 102 valence electrons. The number of rotatable bonds is 7. The standard InChI is InChI=1S/C13H22N2O2S/c1-4-6-11-15(5-2)18(16,17)13-9-7-12(14-3)8-10-13/h7-10,14H,4-6,11H2,1-3H3. The normalized spacial score (nSPS) is 11.8. The molecule has 0 saturated heterocycles. The summed E-state index contributed by atoms with van der Waals surface area (Å²) < 4.78 is 26.3. The number of nitrogens with zero attached hydrogens (tertiary/aromatic N) is 1. The van der Waals surface area contributed by atoms with E-state index in [2.05, 4.69) is 12.2 Å². The zero-order chi connectivity index (χ0) is 13.6. The molecule has 0 atom stereocenters. The van der Waals surface area contributed by atoms with Crippen LogP contribution in [0.15, 0.2) is 29.2 Å². The van der Waals surface area contributed by atoms with E-state index in [-0.39, 0.29) is 0 Å². The maximum Gasteiger partial charge on any atom is 0.243 e. The molecule has 4 nitrogen and oxygen atoms in total. The van der Waals surface area contributed by atoms with Gasteiger partial charge in [-0.15, -0.1) is 0 Å². The lowest BCUT2D eigenvalue weighted by molar-refractivity contribution is 0.419. The van der Waals surface area contributed by atoms with Crippen molar-refractivity contribution >= 4 is 15.7 Å². The van der Waals surface area contributed by atoms with Gasteiger partial charge in [0.25, 0.3) is 0 Å². The Morgan fingerprint density at radius 3 is 2.22 bits per heavy atom. The Morgan fingerprint density at radius 2 is 1.78 bits per heavy atom. The topological polar surface area (TPSA) is 49.4 Å². The summed E-state index contributed by atoms with van der Waals surface area (Å²) in [5.41, 5.74) is 0.908. The first kappa shape index (κ1) is 15.0. The summed E-state index contributed by atoms with van der Waals surface area (Å²) in [5, 5.41) is 2.97. The number of unbranched alkanes of at least 4 members (excludes halogenated alkanes) is 1. The van der Waals surface area contributed by atoms with Crippen molar-refractivity contribution in [1.82, 2.24) is 4.31 Å². The van der Waals surface area contributed by atoms with Crippen molar-refractivity contribution in [1.29, 1.82) is 0 Å². The van der Waals surface area contributed by atoms with E-state index in [1.807, 2.05) is 14.0 Å². The molecule has 0 amide bonds. The molecule has 0 aliphatic rings. The van der Waals surface area contributed by atoms with Crippen LogP contribution in [0.25, 0.3) is 0 Å². The fourth-order valence-corrected chi connectivity index (χ4v) is 3.21. The van der Waals surface area contributed by atoms with Gasteiger partial charge in [-0.2, -0.15) is 4.31 Å². The average Bonchev–Trinajstić information content (AvgIpc) is 2.39. The predicted octanol–water partition coefficient (Wildman–Crippen LogP) is 2.54. The van der Waals surface area contributed by atoms with Gasteiger partial charge in [0.1, 0.15) is 0 Å². The predicted molar refractivity (Wildman–Crippen MR) is 75.3 cm³/mol. The summed E-state index contributed by atoms with van der Waals surface area (Å²) in [4.78, 5) is 0.361. The largest absolute Gasteiger partial charge is 0.388 e. The maximum absolute atomic E-state index is 12.4. The molecular formula is C13H22N2O2S. The number of sulfonamides is 1. The smallest absolute Gasteiger partial charge is 0.243 e. The van der Waals surface area contributed by atoms with Gasteiger partial charge in [-0.25, -0.2) is 8.42 Å². The molecule has 0 saturated carbocycles. The van der Waals surface area contributed by atoms with Crippen molar-refractivity contribution < 1.29 is 8.42 Å². The molecule has 1 aromatic carbocycles. The second kappa shape index (κ2) is 6.75. The number of anilines is 1. The van der Waals surface area contributed by atoms with Crippen LogP contribution in [0.1, 0.15) is 26.7 Å². The first-order chi connectivity index (χ1) is 8.56. The zero-order valence-corrected chi connectivity index (χ0v) is 12.1. The minimum Gasteiger partial charge on any atom is -0.388 e. The zero-order valence-electron chi connectivity index (χ0n) is 11.3. The van der Waals surface area contributed by atoms with Crippen molar-refractivity contribution in [2.24, 2.45) is 0 Å². The SMILES string of the molecule is CCCCN(CC)S(=O)(=O)c1ccc(NC)cc1. The summed E-state index contributed by atoms with van der Waals surface area (Å²) >= 11 is 0. The minimum absolute atomic E-state index is 0.361. The molecule has 1 N–H and O–H groups in total. The summed E-state index contributed by atoms with van der Waals surface area (Å²) in [7, 11) is -1.53. The summed E-state index contributed by atoms with van der Waals surface area (Å²) in [6.45, 7) is 5.02. The van der Waals surface area contributed by atoms with E-state index in [1.165, 1.54) is 4.31 Å². The number of hydrogen-bond donors (Lipinski definition) is 1. The van der Waals surface area contributed by atoms with Gasteiger partial charge in [-0.1, -0.05) is 20.3 Å². The van der Waals surface area contributed by atoms with E-state index < -0.39 is 10.0 Å². The van der Waals surface area contributed by atoms with E-state index in [4.69, 9.17) is 0 Å². The summed E-state index contributed by atoms with van der Waals surface area (Å²) in [6.07, 6.45) is 1.88. The van der Waals surface area contributed by atoms with Crippen LogP contribution in [0.4, 0.5) is 5.69 Å². The van der Waals surface area contributed by atoms with E-state index in [9.17, 15) is 8.42 Å². The first-order valence-electron chi connectivity index (χ1n) is 6.34. The molecule has 0 spiro atoms. The Kier molecular flexibility index (Phi) is 5.62. The third kappa shape index (κ3) is 3.46. The molecule has 0 aliphatic carbocycles. The highest BCUT2D eigenvalue weighted by Crippen LogP contribution is 2.18. The Hall–Kier alpha value is -1.07. The highest BCUT2D eigenvalue weighted by atomic mass is 32.2. The number of nitrogens with one attached hydrogen (secondary N) is 1. The van der Waals surface area contributed by atoms with E-state index in [1.54, 1.807) is 24.3 Å². The van der Waals surface area contributed by atoms with Crippen molar-refractivity contribution in [3.8, 4) is 0 Å². The van der Waals surface area contributed by atoms with Crippen molar-refractivity contribution in [2.45, 2.75) is 31.6 Å². The van der Waals surface area contributed by atoms with Gasteiger partial charge in [0, 0.05) is 25.8 Å². The molecule has 18 heavy (non-hydrogen) atoms. The van der Waals surface area contributed by atoms with Gasteiger partial charge < -0.3 is 5.32 Å². The quantitative estimate of drug-likeness (QED) is 0.828. The molecule has 0 heterocycles. The van der Waals surface area contributed by atoms with Crippen LogP contribution in [0.5, 0.6) is 0 Å². The van der Waals surface area contributed by atoms with Crippen LogP contribution in [-0.2, 0) is 10.0 Å². The number of benzene rings is 1. The molecule has 5 heteroatoms. The molecule has 0 aromatic heterocycles. The fourth-order valence-electron chi connectivity index (χ4n) is 1.73. The third-order valence-corrected chi connectivity index (χ3v) is 4.88. The van der Waals surface area contributed by atoms with Crippen LogP contribution >= 0.6 is 0 Å². The lowest BCUT2D eigenvalue weighted by atomic mass is 10.3. The number of hydrogen-bond acceptors (Lipinski definition) is 3. The summed E-state index contributed by atoms with van der Waals surface area (Å²) in [5.74, 6) is 0. The summed E-state index contributed by atoms with van der Waals surface area (Å²) in [6, 6.07) is 6.85. The molecular weight excluding hydrogens is 248 g/mol. The van der Waals surface area contributed by atoms with Gasteiger partial charge in [-0.05, 0) is 30.7 Å². The molecule has 0 fully saturated rings. The monoisotopic (exact) mass is 270 g/mol. The van der Waals surface area contributed by atoms with Crippen LogP contribution in [-0.4, -0.2) is 32.9 Å². The third-order valence-electron chi connectivity index (χ3n) is 2.89. The van der Waals surface area contributed by atoms with Gasteiger partial charge in [0.2, 0.25) is 10.0 Å². The molecule has 0 aliphatic heterocycles. The van der Waals surface area contributed by atoms with Crippen LogP contribution in [0, 0.1) is 0 Å². The lowest BCUT2D eigenvalue weighted by Crippen LogP contribution is -2.31. The second-order valence-corrected chi connectivity index (χ2v) is 6.06. The Labute approximate surface area is 110 Å². The molecule has 1 aromatic rings. The van der Waals surface area contributed by atoms with E-state index in [0.29, 0.717) is 18.0 Å². The highest BCUT2D eigenvalue weighted by molar-refractivity contribution is 7.89. The van der Waals surface area contributed by atoms with E-state index >= 15 is 0 Å². The Bertz CT molecular complexity index is 454. The van der Waals surface area contributed by atoms with Crippen molar-refractivity contribution in [2.75, 3.05) is 25.5 Å². The lowest BCUT2D eigenvalue weighted by Gasteiger charge is -2.20. The van der Waals surface area contributed by atoms with Crippen LogP contribution < -0.4 is 5.32 Å². The first-order valence-corrected chi connectivity index (χ1v) is 7.78. The van der Waals surface area contributed by atoms with Crippen LogP contribution in [0.2, 0.25) is 0 Å². The Balaban J connectivity index is 2.95. The van der Waals surface area contributed by atoms with Gasteiger partial charge in [0.15, 0.2) is 0 Å².